The molecule has 30 heavy (non-hydrogen) atoms. The van der Waals surface area contributed by atoms with E-state index >= 15 is 0 Å². The first kappa shape index (κ1) is 28.0. The Morgan fingerprint density at radius 2 is 1.73 bits per heavy atom. The van der Waals surface area contributed by atoms with Crippen LogP contribution >= 0.6 is 0 Å². The number of carboxylic acid groups (broad SMARTS) is 1. The number of benzene rings is 2. The number of hydrogen-bond donors (Lipinski definition) is 2. The standard InChI is InChI=1S/C22H24N2O3.Na.2H2O.H/c1-4-15-10-17(22(26)27)11-16(5-2)20(15)21(25)19-12-18(7-6-14(19)3)24-9-8-23-13-24;;;;/h6-13,21,25H,4-5H2,1-3H3,(H,26,27);;2*1H2;/q;+1;;;-1. The molecule has 0 bridgehead atoms. The van der Waals surface area contributed by atoms with Crippen molar-refractivity contribution in [3.8, 4) is 5.69 Å². The van der Waals surface area contributed by atoms with Gasteiger partial charge in [0.2, 0.25) is 0 Å². The van der Waals surface area contributed by atoms with Crippen molar-refractivity contribution in [1.29, 1.82) is 0 Å². The molecule has 1 atom stereocenters. The fourth-order valence-electron chi connectivity index (χ4n) is 3.49. The van der Waals surface area contributed by atoms with Gasteiger partial charge in [-0.1, -0.05) is 19.9 Å². The topological polar surface area (TPSA) is 138 Å². The van der Waals surface area contributed by atoms with E-state index in [2.05, 4.69) is 4.98 Å². The van der Waals surface area contributed by atoms with Gasteiger partial charge in [0.15, 0.2) is 0 Å². The Morgan fingerprint density at radius 1 is 1.13 bits per heavy atom. The van der Waals surface area contributed by atoms with E-state index in [0.717, 1.165) is 33.5 Å². The number of aliphatic hydroxyl groups excluding tert-OH is 1. The minimum Gasteiger partial charge on any atom is -1.00 e. The molecule has 0 fully saturated rings. The Hall–Kier alpha value is -2.00. The van der Waals surface area contributed by atoms with Crippen LogP contribution in [0, 0.1) is 6.92 Å². The molecule has 1 aromatic heterocycles. The summed E-state index contributed by atoms with van der Waals surface area (Å²) in [5.74, 6) is -0.946. The second kappa shape index (κ2) is 12.0. The van der Waals surface area contributed by atoms with Crippen molar-refractivity contribution in [2.24, 2.45) is 0 Å². The quantitative estimate of drug-likeness (QED) is 0.518. The minimum absolute atomic E-state index is 0. The van der Waals surface area contributed by atoms with Gasteiger partial charge in [0, 0.05) is 18.1 Å². The van der Waals surface area contributed by atoms with Crippen LogP contribution in [0.1, 0.15) is 59.6 Å². The number of aromatic carboxylic acids is 1. The number of carbonyl (C=O) groups is 1. The Labute approximate surface area is 199 Å². The zero-order valence-corrected chi connectivity index (χ0v) is 19.8. The summed E-state index contributed by atoms with van der Waals surface area (Å²) >= 11 is 0. The summed E-state index contributed by atoms with van der Waals surface area (Å²) in [7, 11) is 0. The monoisotopic (exact) mass is 424 g/mol. The van der Waals surface area contributed by atoms with Crippen molar-refractivity contribution in [1.82, 2.24) is 9.55 Å². The molecule has 6 N–H and O–H groups in total. The van der Waals surface area contributed by atoms with Gasteiger partial charge >= 0.3 is 35.5 Å². The predicted molar refractivity (Wildman–Crippen MR) is 113 cm³/mol. The molecule has 0 aliphatic heterocycles. The van der Waals surface area contributed by atoms with E-state index in [9.17, 15) is 15.0 Å². The van der Waals surface area contributed by atoms with Crippen LogP contribution in [0.15, 0.2) is 49.1 Å². The van der Waals surface area contributed by atoms with Gasteiger partial charge in [-0.3, -0.25) is 0 Å². The van der Waals surface area contributed by atoms with E-state index in [1.807, 2.05) is 49.7 Å². The number of carboxylic acids is 1. The van der Waals surface area contributed by atoms with Gasteiger partial charge in [0.1, 0.15) is 6.10 Å². The zero-order valence-electron chi connectivity index (χ0n) is 18.8. The third kappa shape index (κ3) is 5.57. The van der Waals surface area contributed by atoms with E-state index in [-0.39, 0.29) is 47.5 Å². The fourth-order valence-corrected chi connectivity index (χ4v) is 3.49. The number of aryl methyl sites for hydroxylation is 3. The van der Waals surface area contributed by atoms with Crippen molar-refractivity contribution < 1.29 is 56.9 Å². The molecule has 1 heterocycles. The number of hydrogen-bond acceptors (Lipinski definition) is 3. The summed E-state index contributed by atoms with van der Waals surface area (Å²) in [5, 5.41) is 20.7. The molecule has 0 aliphatic rings. The molecular weight excluding hydrogens is 395 g/mol. The van der Waals surface area contributed by atoms with Crippen LogP contribution in [-0.2, 0) is 12.8 Å². The van der Waals surface area contributed by atoms with E-state index in [1.54, 1.807) is 24.7 Å². The average Bonchev–Trinajstić information content (AvgIpc) is 3.21. The molecule has 0 saturated heterocycles. The normalized spacial score (nSPS) is 10.9. The second-order valence-electron chi connectivity index (χ2n) is 6.63. The van der Waals surface area contributed by atoms with Crippen LogP contribution in [0.25, 0.3) is 5.69 Å². The summed E-state index contributed by atoms with van der Waals surface area (Å²) in [6.45, 7) is 5.93. The van der Waals surface area contributed by atoms with Crippen LogP contribution in [0.4, 0.5) is 0 Å². The maximum Gasteiger partial charge on any atom is 1.00 e. The third-order valence-corrected chi connectivity index (χ3v) is 4.99. The largest absolute Gasteiger partial charge is 1.00 e. The van der Waals surface area contributed by atoms with Gasteiger partial charge in [-0.15, -0.1) is 0 Å². The summed E-state index contributed by atoms with van der Waals surface area (Å²) in [6.07, 6.45) is 5.78. The SMILES string of the molecule is CCc1cc(C(=O)O)cc(CC)c1C(O)c1cc(-n2ccnc2)ccc1C.O.O.[H-].[Na+]. The first-order chi connectivity index (χ1) is 13.0. The molecule has 3 aromatic rings. The Kier molecular flexibility index (Phi) is 11.2. The molecule has 7 nitrogen and oxygen atoms in total. The van der Waals surface area contributed by atoms with Crippen molar-refractivity contribution in [3.05, 3.63) is 82.4 Å². The molecule has 158 valence electrons. The van der Waals surface area contributed by atoms with Crippen molar-refractivity contribution in [3.63, 3.8) is 0 Å². The van der Waals surface area contributed by atoms with Crippen LogP contribution in [0.5, 0.6) is 0 Å². The molecule has 0 amide bonds. The average molecular weight is 424 g/mol. The Morgan fingerprint density at radius 3 is 2.20 bits per heavy atom. The molecule has 2 aromatic carbocycles. The summed E-state index contributed by atoms with van der Waals surface area (Å²) in [5.41, 5.74) is 5.54. The van der Waals surface area contributed by atoms with E-state index in [1.165, 1.54) is 0 Å². The molecular formula is C22H29N2NaO5. The van der Waals surface area contributed by atoms with Crippen molar-refractivity contribution >= 4 is 5.97 Å². The first-order valence-corrected chi connectivity index (χ1v) is 9.12. The Bertz CT molecular complexity index is 955. The number of imidazole rings is 1. The number of nitrogens with zero attached hydrogens (tertiary/aromatic N) is 2. The molecule has 3 rings (SSSR count). The van der Waals surface area contributed by atoms with Gasteiger partial charge in [-0.2, -0.15) is 0 Å². The van der Waals surface area contributed by atoms with Crippen LogP contribution in [0.2, 0.25) is 0 Å². The number of aromatic nitrogens is 2. The fraction of sp³-hybridized carbons (Fsp3) is 0.273. The second-order valence-corrected chi connectivity index (χ2v) is 6.63. The maximum absolute atomic E-state index is 11.4. The van der Waals surface area contributed by atoms with Crippen LogP contribution in [-0.4, -0.2) is 36.7 Å². The van der Waals surface area contributed by atoms with Gasteiger partial charge in [0.05, 0.1) is 11.9 Å². The van der Waals surface area contributed by atoms with E-state index in [4.69, 9.17) is 0 Å². The summed E-state index contributed by atoms with van der Waals surface area (Å²) < 4.78 is 1.89. The molecule has 0 radical (unpaired) electrons. The van der Waals surface area contributed by atoms with Crippen LogP contribution < -0.4 is 29.6 Å². The van der Waals surface area contributed by atoms with Crippen molar-refractivity contribution in [2.45, 2.75) is 39.7 Å². The number of aliphatic hydroxyl groups is 1. The minimum atomic E-state index is -0.946. The predicted octanol–water partition coefficient (Wildman–Crippen LogP) is -0.447. The molecule has 0 spiro atoms. The van der Waals surface area contributed by atoms with Gasteiger partial charge in [0.25, 0.3) is 0 Å². The van der Waals surface area contributed by atoms with E-state index in [0.29, 0.717) is 12.8 Å². The van der Waals surface area contributed by atoms with E-state index < -0.39 is 12.1 Å². The number of rotatable bonds is 6. The Balaban J connectivity index is 0. The van der Waals surface area contributed by atoms with Crippen molar-refractivity contribution in [2.75, 3.05) is 0 Å². The first-order valence-electron chi connectivity index (χ1n) is 9.12. The van der Waals surface area contributed by atoms with Gasteiger partial charge in [-0.25, -0.2) is 9.78 Å². The molecule has 8 heteroatoms. The maximum atomic E-state index is 11.4. The molecule has 0 saturated carbocycles. The smallest absolute Gasteiger partial charge is 1.00 e. The summed E-state index contributed by atoms with van der Waals surface area (Å²) in [4.78, 5) is 15.5. The van der Waals surface area contributed by atoms with Gasteiger partial charge < -0.3 is 27.2 Å². The molecule has 0 aliphatic carbocycles. The molecule has 1 unspecified atom stereocenters. The summed E-state index contributed by atoms with van der Waals surface area (Å²) in [6, 6.07) is 9.29. The third-order valence-electron chi connectivity index (χ3n) is 4.99. The zero-order chi connectivity index (χ0) is 19.6. The van der Waals surface area contributed by atoms with Crippen LogP contribution in [0.3, 0.4) is 0 Å². The van der Waals surface area contributed by atoms with Gasteiger partial charge in [-0.05, 0) is 71.8 Å².